The van der Waals surface area contributed by atoms with E-state index >= 15 is 0 Å². The van der Waals surface area contributed by atoms with E-state index in [4.69, 9.17) is 21.3 Å². The lowest BCUT2D eigenvalue weighted by molar-refractivity contribution is 0.454. The molecule has 0 aliphatic carbocycles. The second kappa shape index (κ2) is 6.69. The molecular formula is C18H13BClO2. The Labute approximate surface area is 135 Å². The standard InChI is InChI=1S/C18H13BClO2/c20-17-10-16(11-18(12-17)22-19-21)15-8-6-14(7-9-15)13-4-2-1-3-5-13/h1-12,21H. The van der Waals surface area contributed by atoms with Crippen LogP contribution >= 0.6 is 11.6 Å². The minimum absolute atomic E-state index is 0.497. The highest BCUT2D eigenvalue weighted by Crippen LogP contribution is 2.30. The van der Waals surface area contributed by atoms with Gasteiger partial charge in [-0.1, -0.05) is 66.2 Å². The molecule has 0 aliphatic rings. The fourth-order valence-electron chi connectivity index (χ4n) is 2.34. The molecule has 22 heavy (non-hydrogen) atoms. The Morgan fingerprint density at radius 3 is 1.95 bits per heavy atom. The average Bonchev–Trinajstić information content (AvgIpc) is 2.56. The zero-order valence-corrected chi connectivity index (χ0v) is 12.5. The van der Waals surface area contributed by atoms with E-state index in [1.165, 1.54) is 5.56 Å². The smallest absolute Gasteiger partial charge is 0.537 e. The van der Waals surface area contributed by atoms with Crippen LogP contribution in [0.3, 0.4) is 0 Å². The number of hydrogen-bond donors (Lipinski definition) is 1. The molecule has 1 N–H and O–H groups in total. The maximum absolute atomic E-state index is 8.74. The van der Waals surface area contributed by atoms with E-state index in [0.29, 0.717) is 18.5 Å². The first kappa shape index (κ1) is 14.7. The van der Waals surface area contributed by atoms with E-state index in [1.54, 1.807) is 6.07 Å². The summed E-state index contributed by atoms with van der Waals surface area (Å²) in [5, 5.41) is 9.30. The van der Waals surface area contributed by atoms with Gasteiger partial charge < -0.3 is 9.68 Å². The van der Waals surface area contributed by atoms with Crippen LogP contribution in [0.5, 0.6) is 5.75 Å². The first-order valence-electron chi connectivity index (χ1n) is 6.85. The van der Waals surface area contributed by atoms with Gasteiger partial charge in [0.2, 0.25) is 0 Å². The molecular weight excluding hydrogens is 294 g/mol. The molecule has 0 unspecified atom stereocenters. The van der Waals surface area contributed by atoms with E-state index in [1.807, 2.05) is 42.5 Å². The van der Waals surface area contributed by atoms with Crippen molar-refractivity contribution in [3.63, 3.8) is 0 Å². The quantitative estimate of drug-likeness (QED) is 0.715. The van der Waals surface area contributed by atoms with Gasteiger partial charge >= 0.3 is 7.69 Å². The van der Waals surface area contributed by atoms with Crippen molar-refractivity contribution in [3.8, 4) is 28.0 Å². The van der Waals surface area contributed by atoms with Gasteiger partial charge in [-0.3, -0.25) is 0 Å². The summed E-state index contributed by atoms with van der Waals surface area (Å²) in [4.78, 5) is 0. The zero-order valence-electron chi connectivity index (χ0n) is 11.7. The van der Waals surface area contributed by atoms with Gasteiger partial charge in [-0.25, -0.2) is 0 Å². The largest absolute Gasteiger partial charge is 0.569 e. The van der Waals surface area contributed by atoms with Gasteiger partial charge in [0.05, 0.1) is 0 Å². The molecule has 0 aromatic heterocycles. The summed E-state index contributed by atoms with van der Waals surface area (Å²) in [6, 6.07) is 23.8. The van der Waals surface area contributed by atoms with Crippen LogP contribution in [0.2, 0.25) is 5.02 Å². The average molecular weight is 308 g/mol. The molecule has 0 heterocycles. The van der Waals surface area contributed by atoms with Crippen LogP contribution in [-0.4, -0.2) is 12.7 Å². The lowest BCUT2D eigenvalue weighted by Gasteiger charge is -2.08. The molecule has 3 rings (SSSR count). The SMILES string of the molecule is O[B]Oc1cc(Cl)cc(-c2ccc(-c3ccccc3)cc2)c1. The third kappa shape index (κ3) is 3.33. The third-order valence-electron chi connectivity index (χ3n) is 3.39. The first-order valence-corrected chi connectivity index (χ1v) is 7.23. The Bertz CT molecular complexity index is 758. The second-order valence-corrected chi connectivity index (χ2v) is 5.28. The van der Waals surface area contributed by atoms with E-state index in [9.17, 15) is 0 Å². The van der Waals surface area contributed by atoms with Crippen molar-refractivity contribution in [2.45, 2.75) is 0 Å². The predicted molar refractivity (Wildman–Crippen MR) is 90.9 cm³/mol. The fourth-order valence-corrected chi connectivity index (χ4v) is 2.57. The number of benzene rings is 3. The number of hydrogen-bond acceptors (Lipinski definition) is 2. The Morgan fingerprint density at radius 1 is 0.727 bits per heavy atom. The normalized spacial score (nSPS) is 10.3. The van der Waals surface area contributed by atoms with Crippen LogP contribution in [0, 0.1) is 0 Å². The minimum Gasteiger partial charge on any atom is -0.537 e. The molecule has 4 heteroatoms. The summed E-state index contributed by atoms with van der Waals surface area (Å²) < 4.78 is 4.99. The monoisotopic (exact) mass is 307 g/mol. The van der Waals surface area contributed by atoms with E-state index in [2.05, 4.69) is 24.3 Å². The molecule has 107 valence electrons. The summed E-state index contributed by atoms with van der Waals surface area (Å²) in [6.45, 7) is 0. The van der Waals surface area contributed by atoms with Crippen LogP contribution < -0.4 is 4.65 Å². The maximum Gasteiger partial charge on any atom is 0.569 e. The van der Waals surface area contributed by atoms with Crippen LogP contribution in [-0.2, 0) is 0 Å². The molecule has 0 bridgehead atoms. The molecule has 0 saturated carbocycles. The number of halogens is 1. The van der Waals surface area contributed by atoms with Crippen molar-refractivity contribution >= 4 is 19.3 Å². The highest BCUT2D eigenvalue weighted by atomic mass is 35.5. The summed E-state index contributed by atoms with van der Waals surface area (Å²) in [7, 11) is 0.647. The molecule has 1 radical (unpaired) electrons. The van der Waals surface area contributed by atoms with Crippen molar-refractivity contribution in [2.75, 3.05) is 0 Å². The van der Waals surface area contributed by atoms with Gasteiger partial charge in [-0.2, -0.15) is 0 Å². The Hall–Kier alpha value is -2.23. The summed E-state index contributed by atoms with van der Waals surface area (Å²) >= 11 is 6.09. The van der Waals surface area contributed by atoms with E-state index in [0.717, 1.165) is 16.7 Å². The molecule has 0 atom stereocenters. The number of rotatable bonds is 4. The molecule has 0 saturated heterocycles. The molecule has 2 nitrogen and oxygen atoms in total. The van der Waals surface area contributed by atoms with Crippen LogP contribution in [0.4, 0.5) is 0 Å². The lowest BCUT2D eigenvalue weighted by Crippen LogP contribution is -1.99. The minimum atomic E-state index is 0.497. The van der Waals surface area contributed by atoms with Crippen molar-refractivity contribution in [3.05, 3.63) is 77.8 Å². The van der Waals surface area contributed by atoms with Crippen LogP contribution in [0.25, 0.3) is 22.3 Å². The first-order chi connectivity index (χ1) is 10.8. The van der Waals surface area contributed by atoms with E-state index < -0.39 is 0 Å². The Morgan fingerprint density at radius 2 is 1.32 bits per heavy atom. The Kier molecular flexibility index (Phi) is 4.47. The third-order valence-corrected chi connectivity index (χ3v) is 3.60. The Balaban J connectivity index is 1.93. The fraction of sp³-hybridized carbons (Fsp3) is 0. The van der Waals surface area contributed by atoms with Crippen molar-refractivity contribution < 1.29 is 9.68 Å². The van der Waals surface area contributed by atoms with Crippen LogP contribution in [0.15, 0.2) is 72.8 Å². The topological polar surface area (TPSA) is 29.5 Å². The molecule has 0 spiro atoms. The van der Waals surface area contributed by atoms with Gasteiger partial charge in [0.25, 0.3) is 0 Å². The molecule has 0 amide bonds. The molecule has 0 fully saturated rings. The van der Waals surface area contributed by atoms with Gasteiger partial charge in [0.1, 0.15) is 5.75 Å². The van der Waals surface area contributed by atoms with Crippen LogP contribution in [0.1, 0.15) is 0 Å². The van der Waals surface area contributed by atoms with E-state index in [-0.39, 0.29) is 0 Å². The molecule has 3 aromatic carbocycles. The highest BCUT2D eigenvalue weighted by molar-refractivity contribution is 6.31. The van der Waals surface area contributed by atoms with Gasteiger partial charge in [0.15, 0.2) is 0 Å². The summed E-state index contributed by atoms with van der Waals surface area (Å²) in [5.74, 6) is 0.497. The van der Waals surface area contributed by atoms with Crippen molar-refractivity contribution in [2.24, 2.45) is 0 Å². The second-order valence-electron chi connectivity index (χ2n) is 4.84. The highest BCUT2D eigenvalue weighted by Gasteiger charge is 2.05. The van der Waals surface area contributed by atoms with Crippen molar-refractivity contribution in [1.82, 2.24) is 0 Å². The van der Waals surface area contributed by atoms with Crippen molar-refractivity contribution in [1.29, 1.82) is 0 Å². The lowest BCUT2D eigenvalue weighted by atomic mass is 10.0. The maximum atomic E-state index is 8.74. The molecule has 0 aliphatic heterocycles. The summed E-state index contributed by atoms with van der Waals surface area (Å²) in [6.07, 6.45) is 0. The van der Waals surface area contributed by atoms with Gasteiger partial charge in [-0.15, -0.1) is 0 Å². The van der Waals surface area contributed by atoms with Gasteiger partial charge in [-0.05, 0) is 40.5 Å². The summed E-state index contributed by atoms with van der Waals surface area (Å²) in [5.41, 5.74) is 4.31. The molecule has 3 aromatic rings. The van der Waals surface area contributed by atoms with Gasteiger partial charge in [0, 0.05) is 5.02 Å². The predicted octanol–water partition coefficient (Wildman–Crippen LogP) is 4.58. The zero-order chi connectivity index (χ0) is 15.4.